The van der Waals surface area contributed by atoms with Crippen LogP contribution in [0.25, 0.3) is 0 Å². The molecule has 0 amide bonds. The third kappa shape index (κ3) is 2.67. The van der Waals surface area contributed by atoms with Crippen LogP contribution < -0.4 is 10.1 Å². The van der Waals surface area contributed by atoms with E-state index in [4.69, 9.17) is 16.3 Å². The van der Waals surface area contributed by atoms with E-state index in [1.807, 2.05) is 6.92 Å². The summed E-state index contributed by atoms with van der Waals surface area (Å²) in [5.41, 5.74) is -0.893. The van der Waals surface area contributed by atoms with Gasteiger partial charge in [0.2, 0.25) is 0 Å². The maximum Gasteiger partial charge on any atom is 0.420 e. The van der Waals surface area contributed by atoms with Gasteiger partial charge >= 0.3 is 6.18 Å². The molecular formula is C13H15ClF3NO. The Hall–Kier alpha value is -0.940. The van der Waals surface area contributed by atoms with E-state index >= 15 is 0 Å². The van der Waals surface area contributed by atoms with E-state index in [9.17, 15) is 13.2 Å². The first kappa shape index (κ1) is 14.5. The molecule has 106 valence electrons. The molecule has 1 fully saturated rings. The van der Waals surface area contributed by atoms with Crippen molar-refractivity contribution >= 4 is 11.6 Å². The summed E-state index contributed by atoms with van der Waals surface area (Å²) < 4.78 is 44.2. The molecule has 1 saturated heterocycles. The van der Waals surface area contributed by atoms with Gasteiger partial charge in [0.15, 0.2) is 0 Å². The van der Waals surface area contributed by atoms with E-state index in [-0.39, 0.29) is 10.8 Å². The number of hydrogen-bond acceptors (Lipinski definition) is 2. The van der Waals surface area contributed by atoms with Gasteiger partial charge in [-0.3, -0.25) is 0 Å². The number of ether oxygens (including phenoxy) is 1. The smallest absolute Gasteiger partial charge is 0.420 e. The van der Waals surface area contributed by atoms with Crippen LogP contribution in [0.3, 0.4) is 0 Å². The summed E-state index contributed by atoms with van der Waals surface area (Å²) in [5.74, 6) is -0.145. The molecule has 1 aromatic carbocycles. The van der Waals surface area contributed by atoms with Gasteiger partial charge in [-0.25, -0.2) is 0 Å². The number of benzene rings is 1. The summed E-state index contributed by atoms with van der Waals surface area (Å²) in [5, 5.41) is 3.29. The summed E-state index contributed by atoms with van der Waals surface area (Å²) in [6, 6.07) is 2.45. The van der Waals surface area contributed by atoms with Gasteiger partial charge in [0.1, 0.15) is 5.75 Å². The van der Waals surface area contributed by atoms with Gasteiger partial charge in [-0.05, 0) is 38.4 Å². The Kier molecular flexibility index (Phi) is 3.71. The zero-order valence-electron chi connectivity index (χ0n) is 10.7. The first-order valence-corrected chi connectivity index (χ1v) is 6.36. The largest absolute Gasteiger partial charge is 0.496 e. The number of rotatable bonds is 2. The molecule has 0 bridgehead atoms. The number of methoxy groups -OCH3 is 1. The quantitative estimate of drug-likeness (QED) is 0.891. The maximum absolute atomic E-state index is 13.0. The van der Waals surface area contributed by atoms with Crippen molar-refractivity contribution in [3.63, 3.8) is 0 Å². The molecule has 2 rings (SSSR count). The van der Waals surface area contributed by atoms with Crippen molar-refractivity contribution in [2.24, 2.45) is 0 Å². The third-order valence-electron chi connectivity index (χ3n) is 3.53. The second-order valence-electron chi connectivity index (χ2n) is 4.89. The van der Waals surface area contributed by atoms with Gasteiger partial charge in [0.05, 0.1) is 12.7 Å². The van der Waals surface area contributed by atoms with Crippen molar-refractivity contribution < 1.29 is 17.9 Å². The van der Waals surface area contributed by atoms with Crippen molar-refractivity contribution in [1.29, 1.82) is 0 Å². The van der Waals surface area contributed by atoms with Gasteiger partial charge in [-0.1, -0.05) is 11.6 Å². The Morgan fingerprint density at radius 3 is 2.53 bits per heavy atom. The van der Waals surface area contributed by atoms with E-state index in [0.29, 0.717) is 5.56 Å². The molecule has 19 heavy (non-hydrogen) atoms. The summed E-state index contributed by atoms with van der Waals surface area (Å²) in [6.45, 7) is 2.64. The number of alkyl halides is 3. The normalized spacial score (nSPS) is 23.7. The van der Waals surface area contributed by atoms with E-state index in [1.54, 1.807) is 6.07 Å². The fraction of sp³-hybridized carbons (Fsp3) is 0.538. The molecule has 1 aromatic rings. The summed E-state index contributed by atoms with van der Waals surface area (Å²) >= 11 is 5.84. The second kappa shape index (κ2) is 4.87. The highest BCUT2D eigenvalue weighted by Crippen LogP contribution is 2.45. The predicted octanol–water partition coefficient (Wildman–Crippen LogP) is 3.97. The van der Waals surface area contributed by atoms with Crippen LogP contribution in [-0.2, 0) is 11.7 Å². The standard InChI is InChI=1S/C13H15ClF3NO/c1-12(4-3-5-18-12)9-6-8(14)7-10(11(9)19-2)13(15,16)17/h6-7,18H,3-5H2,1-2H3. The van der Waals surface area contributed by atoms with E-state index in [0.717, 1.165) is 25.5 Å². The lowest BCUT2D eigenvalue weighted by atomic mass is 9.88. The van der Waals surface area contributed by atoms with E-state index in [1.165, 1.54) is 7.11 Å². The second-order valence-corrected chi connectivity index (χ2v) is 5.33. The summed E-state index contributed by atoms with van der Waals surface area (Å²) in [7, 11) is 1.25. The lowest BCUT2D eigenvalue weighted by molar-refractivity contribution is -0.138. The van der Waals surface area contributed by atoms with Crippen LogP contribution in [0.2, 0.25) is 5.02 Å². The molecule has 6 heteroatoms. The van der Waals surface area contributed by atoms with Gasteiger partial charge < -0.3 is 10.1 Å². The molecule has 1 unspecified atom stereocenters. The molecule has 1 aliphatic heterocycles. The number of nitrogens with one attached hydrogen (secondary N) is 1. The summed E-state index contributed by atoms with van der Waals surface area (Å²) in [4.78, 5) is 0. The SMILES string of the molecule is COc1c(C(F)(F)F)cc(Cl)cc1C1(C)CCCN1. The van der Waals surface area contributed by atoms with Crippen molar-refractivity contribution in [1.82, 2.24) is 5.32 Å². The van der Waals surface area contributed by atoms with Gasteiger partial charge in [0.25, 0.3) is 0 Å². The molecule has 0 radical (unpaired) electrons. The fourth-order valence-electron chi connectivity index (χ4n) is 2.56. The fourth-order valence-corrected chi connectivity index (χ4v) is 2.78. The minimum absolute atomic E-state index is 0.0676. The van der Waals surface area contributed by atoms with Crippen molar-refractivity contribution in [2.45, 2.75) is 31.5 Å². The van der Waals surface area contributed by atoms with Gasteiger partial charge in [0, 0.05) is 16.1 Å². The van der Waals surface area contributed by atoms with Crippen molar-refractivity contribution in [3.05, 3.63) is 28.3 Å². The Labute approximate surface area is 114 Å². The highest BCUT2D eigenvalue weighted by Gasteiger charge is 2.40. The van der Waals surface area contributed by atoms with Crippen LogP contribution in [0.4, 0.5) is 13.2 Å². The van der Waals surface area contributed by atoms with Crippen LogP contribution in [0.5, 0.6) is 5.75 Å². The first-order valence-electron chi connectivity index (χ1n) is 5.98. The number of hydrogen-bond donors (Lipinski definition) is 1. The molecule has 0 saturated carbocycles. The molecule has 1 atom stereocenters. The topological polar surface area (TPSA) is 21.3 Å². The molecule has 1 N–H and O–H groups in total. The molecule has 0 spiro atoms. The molecule has 1 heterocycles. The molecule has 2 nitrogen and oxygen atoms in total. The van der Waals surface area contributed by atoms with E-state index < -0.39 is 17.3 Å². The van der Waals surface area contributed by atoms with Crippen molar-refractivity contribution in [3.8, 4) is 5.75 Å². The average molecular weight is 294 g/mol. The number of halogens is 4. The van der Waals surface area contributed by atoms with Crippen molar-refractivity contribution in [2.75, 3.05) is 13.7 Å². The monoisotopic (exact) mass is 293 g/mol. The average Bonchev–Trinajstić information content (AvgIpc) is 2.75. The third-order valence-corrected chi connectivity index (χ3v) is 3.74. The van der Waals surface area contributed by atoms with Crippen LogP contribution in [-0.4, -0.2) is 13.7 Å². The van der Waals surface area contributed by atoms with Gasteiger partial charge in [-0.2, -0.15) is 13.2 Å². The Balaban J connectivity index is 2.63. The van der Waals surface area contributed by atoms with Gasteiger partial charge in [-0.15, -0.1) is 0 Å². The minimum atomic E-state index is -4.49. The Morgan fingerprint density at radius 1 is 1.37 bits per heavy atom. The Morgan fingerprint density at radius 2 is 2.05 bits per heavy atom. The highest BCUT2D eigenvalue weighted by atomic mass is 35.5. The molecular weight excluding hydrogens is 279 g/mol. The predicted molar refractivity (Wildman–Crippen MR) is 67.6 cm³/mol. The molecule has 0 aromatic heterocycles. The molecule has 1 aliphatic rings. The Bertz CT molecular complexity index is 482. The summed E-state index contributed by atoms with van der Waals surface area (Å²) in [6.07, 6.45) is -2.82. The van der Waals surface area contributed by atoms with E-state index in [2.05, 4.69) is 5.32 Å². The zero-order valence-corrected chi connectivity index (χ0v) is 11.5. The minimum Gasteiger partial charge on any atom is -0.496 e. The lowest BCUT2D eigenvalue weighted by Crippen LogP contribution is -2.34. The maximum atomic E-state index is 13.0. The van der Waals surface area contributed by atoms with Crippen LogP contribution in [0.15, 0.2) is 12.1 Å². The van der Waals surface area contributed by atoms with Crippen LogP contribution >= 0.6 is 11.6 Å². The van der Waals surface area contributed by atoms with Crippen LogP contribution in [0.1, 0.15) is 30.9 Å². The highest BCUT2D eigenvalue weighted by molar-refractivity contribution is 6.30. The lowest BCUT2D eigenvalue weighted by Gasteiger charge is -2.28. The zero-order chi connectivity index (χ0) is 14.3. The molecule has 0 aliphatic carbocycles. The van der Waals surface area contributed by atoms with Crippen LogP contribution in [0, 0.1) is 0 Å². The first-order chi connectivity index (χ1) is 8.78.